The van der Waals surface area contributed by atoms with Crippen LogP contribution in [0.4, 0.5) is 0 Å². The molecule has 0 spiro atoms. The van der Waals surface area contributed by atoms with Gasteiger partial charge >= 0.3 is 0 Å². The summed E-state index contributed by atoms with van der Waals surface area (Å²) < 4.78 is 0. The quantitative estimate of drug-likeness (QED) is 0.377. The van der Waals surface area contributed by atoms with Gasteiger partial charge in [-0.2, -0.15) is 0 Å². The first-order chi connectivity index (χ1) is 12.7. The van der Waals surface area contributed by atoms with Crippen molar-refractivity contribution < 1.29 is 4.79 Å². The van der Waals surface area contributed by atoms with Gasteiger partial charge in [-0.25, -0.2) is 4.98 Å². The van der Waals surface area contributed by atoms with Crippen LogP contribution in [-0.2, 0) is 24.2 Å². The van der Waals surface area contributed by atoms with E-state index in [9.17, 15) is 4.79 Å². The van der Waals surface area contributed by atoms with Crippen molar-refractivity contribution in [3.63, 3.8) is 0 Å². The summed E-state index contributed by atoms with van der Waals surface area (Å²) in [5.41, 5.74) is 2.59. The van der Waals surface area contributed by atoms with Crippen molar-refractivity contribution in [3.05, 3.63) is 51.5 Å². The Morgan fingerprint density at radius 1 is 1.30 bits per heavy atom. The number of hydrogen-bond donors (Lipinski definition) is 2. The van der Waals surface area contributed by atoms with Crippen LogP contribution in [-0.4, -0.2) is 48.4 Å². The number of fused-ring (bicyclic) bond motifs is 1. The van der Waals surface area contributed by atoms with Crippen molar-refractivity contribution >= 4 is 47.2 Å². The van der Waals surface area contributed by atoms with Gasteiger partial charge in [0.2, 0.25) is 5.91 Å². The number of rotatable bonds is 5. The molecule has 0 aliphatic carbocycles. The summed E-state index contributed by atoms with van der Waals surface area (Å²) in [6.45, 7) is 4.49. The number of thiazole rings is 1. The molecule has 8 heteroatoms. The molecule has 0 atom stereocenters. The van der Waals surface area contributed by atoms with Crippen LogP contribution in [0.1, 0.15) is 21.0 Å². The summed E-state index contributed by atoms with van der Waals surface area (Å²) in [4.78, 5) is 24.2. The molecule has 1 aliphatic heterocycles. The van der Waals surface area contributed by atoms with E-state index >= 15 is 0 Å². The van der Waals surface area contributed by atoms with Gasteiger partial charge in [0.15, 0.2) is 5.96 Å². The molecular formula is C19H26IN5OS. The zero-order valence-corrected chi connectivity index (χ0v) is 18.8. The maximum atomic E-state index is 12.5. The highest BCUT2D eigenvalue weighted by atomic mass is 127. The number of nitrogens with zero attached hydrogens (tertiary/aromatic N) is 3. The van der Waals surface area contributed by atoms with E-state index in [1.807, 2.05) is 17.2 Å². The van der Waals surface area contributed by atoms with E-state index in [1.165, 1.54) is 16.0 Å². The van der Waals surface area contributed by atoms with Crippen LogP contribution in [0.5, 0.6) is 0 Å². The van der Waals surface area contributed by atoms with Crippen molar-refractivity contribution in [2.24, 2.45) is 4.99 Å². The first-order valence-electron chi connectivity index (χ1n) is 8.86. The molecule has 1 aliphatic rings. The maximum absolute atomic E-state index is 12.5. The average molecular weight is 499 g/mol. The van der Waals surface area contributed by atoms with Gasteiger partial charge in [-0.3, -0.25) is 9.79 Å². The summed E-state index contributed by atoms with van der Waals surface area (Å²) >= 11 is 1.71. The van der Waals surface area contributed by atoms with Gasteiger partial charge in [0.1, 0.15) is 0 Å². The van der Waals surface area contributed by atoms with Crippen LogP contribution in [0.3, 0.4) is 0 Å². The van der Waals surface area contributed by atoms with Crippen molar-refractivity contribution in [2.75, 3.05) is 26.7 Å². The van der Waals surface area contributed by atoms with Crippen molar-refractivity contribution in [3.8, 4) is 0 Å². The van der Waals surface area contributed by atoms with E-state index in [4.69, 9.17) is 0 Å². The summed E-state index contributed by atoms with van der Waals surface area (Å²) in [6.07, 6.45) is 3.65. The van der Waals surface area contributed by atoms with E-state index in [0.717, 1.165) is 30.9 Å². The fourth-order valence-electron chi connectivity index (χ4n) is 3.01. The molecular weight excluding hydrogens is 473 g/mol. The number of carbonyl (C=O) groups excluding carboxylic acids is 1. The Morgan fingerprint density at radius 3 is 2.78 bits per heavy atom. The summed E-state index contributed by atoms with van der Waals surface area (Å²) in [6, 6.07) is 8.33. The molecule has 6 nitrogen and oxygen atoms in total. The minimum Gasteiger partial charge on any atom is -0.356 e. The van der Waals surface area contributed by atoms with Gasteiger partial charge in [-0.15, -0.1) is 35.3 Å². The molecule has 0 unspecified atom stereocenters. The minimum absolute atomic E-state index is 0. The third kappa shape index (κ3) is 6.17. The summed E-state index contributed by atoms with van der Waals surface area (Å²) in [5, 5.41) is 7.45. The third-order valence-corrected chi connectivity index (χ3v) is 5.39. The number of aryl methyl sites for hydroxylation is 1. The van der Waals surface area contributed by atoms with Crippen LogP contribution in [0, 0.1) is 6.92 Å². The van der Waals surface area contributed by atoms with Gasteiger partial charge in [-0.05, 0) is 24.5 Å². The van der Waals surface area contributed by atoms with Crippen LogP contribution in [0.2, 0.25) is 0 Å². The second kappa shape index (κ2) is 10.6. The first-order valence-corrected chi connectivity index (χ1v) is 9.67. The fraction of sp³-hybridized carbons (Fsp3) is 0.421. The highest BCUT2D eigenvalue weighted by Gasteiger charge is 2.20. The van der Waals surface area contributed by atoms with Crippen molar-refractivity contribution in [1.82, 2.24) is 20.5 Å². The Labute approximate surface area is 181 Å². The molecule has 2 aromatic rings. The zero-order chi connectivity index (χ0) is 18.4. The second-order valence-corrected chi connectivity index (χ2v) is 7.62. The number of hydrogen-bond acceptors (Lipinski definition) is 4. The summed E-state index contributed by atoms with van der Waals surface area (Å²) in [5.74, 6) is 0.738. The molecule has 2 heterocycles. The highest BCUT2D eigenvalue weighted by Crippen LogP contribution is 2.18. The molecule has 3 rings (SSSR count). The smallest absolute Gasteiger partial charge is 0.242 e. The number of carbonyl (C=O) groups is 1. The predicted molar refractivity (Wildman–Crippen MR) is 121 cm³/mol. The number of nitrogens with one attached hydrogen (secondary N) is 2. The topological polar surface area (TPSA) is 69.6 Å². The largest absolute Gasteiger partial charge is 0.356 e. The van der Waals surface area contributed by atoms with Crippen LogP contribution in [0.25, 0.3) is 0 Å². The zero-order valence-electron chi connectivity index (χ0n) is 15.7. The molecule has 1 amide bonds. The Bertz CT molecular complexity index is 792. The van der Waals surface area contributed by atoms with Gasteiger partial charge < -0.3 is 15.5 Å². The van der Waals surface area contributed by atoms with Gasteiger partial charge in [-0.1, -0.05) is 24.3 Å². The first kappa shape index (κ1) is 21.6. The van der Waals surface area contributed by atoms with Gasteiger partial charge in [0, 0.05) is 44.2 Å². The third-order valence-electron chi connectivity index (χ3n) is 4.41. The number of benzene rings is 1. The fourth-order valence-corrected chi connectivity index (χ4v) is 3.79. The molecule has 146 valence electrons. The lowest BCUT2D eigenvalue weighted by atomic mass is 10.00. The molecule has 2 N–H and O–H groups in total. The summed E-state index contributed by atoms with van der Waals surface area (Å²) in [7, 11) is 1.71. The number of guanidine groups is 1. The lowest BCUT2D eigenvalue weighted by molar-refractivity contribution is -0.130. The van der Waals surface area contributed by atoms with Gasteiger partial charge in [0.05, 0.1) is 11.6 Å². The molecule has 1 aromatic heterocycles. The molecule has 0 saturated heterocycles. The van der Waals surface area contributed by atoms with E-state index in [1.54, 1.807) is 18.4 Å². The molecule has 27 heavy (non-hydrogen) atoms. The van der Waals surface area contributed by atoms with Crippen molar-refractivity contribution in [2.45, 2.75) is 26.3 Å². The van der Waals surface area contributed by atoms with Crippen LogP contribution >= 0.6 is 35.3 Å². The average Bonchev–Trinajstić information content (AvgIpc) is 3.09. The Balaban J connectivity index is 0.00000261. The predicted octanol–water partition coefficient (Wildman–Crippen LogP) is 2.36. The number of halogens is 1. The molecule has 0 radical (unpaired) electrons. The second-order valence-electron chi connectivity index (χ2n) is 6.30. The number of amides is 1. The molecule has 0 bridgehead atoms. The Morgan fingerprint density at radius 2 is 2.07 bits per heavy atom. The van der Waals surface area contributed by atoms with E-state index < -0.39 is 0 Å². The van der Waals surface area contributed by atoms with E-state index in [-0.39, 0.29) is 36.4 Å². The van der Waals surface area contributed by atoms with Crippen molar-refractivity contribution in [1.29, 1.82) is 0 Å². The lowest BCUT2D eigenvalue weighted by Crippen LogP contribution is -2.46. The van der Waals surface area contributed by atoms with Gasteiger partial charge in [0.25, 0.3) is 0 Å². The van der Waals surface area contributed by atoms with Crippen LogP contribution in [0.15, 0.2) is 35.5 Å². The van der Waals surface area contributed by atoms with E-state index in [2.05, 4.69) is 45.7 Å². The normalized spacial score (nSPS) is 13.6. The molecule has 1 aromatic carbocycles. The number of aromatic nitrogens is 1. The molecule has 0 fully saturated rings. The standard InChI is InChI=1S/C19H25N5OS.HI/c1-14-11-22-17(26-14)7-9-21-19(20-2)23-12-18(25)24-10-8-15-5-3-4-6-16(15)13-24;/h3-6,11H,7-10,12-13H2,1-2H3,(H2,20,21,23);1H. The maximum Gasteiger partial charge on any atom is 0.242 e. The highest BCUT2D eigenvalue weighted by molar-refractivity contribution is 14.0. The lowest BCUT2D eigenvalue weighted by Gasteiger charge is -2.29. The van der Waals surface area contributed by atoms with E-state index in [0.29, 0.717) is 12.5 Å². The SMILES string of the molecule is CN=C(NCCc1ncc(C)s1)NCC(=O)N1CCc2ccccc2C1.I. The Hall–Kier alpha value is -1.68. The van der Waals surface area contributed by atoms with Crippen LogP contribution < -0.4 is 10.6 Å². The number of aliphatic imine (C=N–C) groups is 1. The Kier molecular flexibility index (Phi) is 8.49. The monoisotopic (exact) mass is 499 g/mol. The minimum atomic E-state index is 0. The molecule has 0 saturated carbocycles.